The highest BCUT2D eigenvalue weighted by atomic mass is 19.1. The Morgan fingerprint density at radius 1 is 1.46 bits per heavy atom. The summed E-state index contributed by atoms with van der Waals surface area (Å²) in [5, 5.41) is 2.09. The molecule has 26 heavy (non-hydrogen) atoms. The zero-order chi connectivity index (χ0) is 18.8. The number of carbonyl (C=O) groups excluding carboxylic acids is 1. The molecule has 0 bridgehead atoms. The zero-order valence-electron chi connectivity index (χ0n) is 14.8. The number of nitrogens with two attached hydrogens (primary N) is 3. The minimum Gasteiger partial charge on any atom is -0.397 e. The third kappa shape index (κ3) is 3.72. The quantitative estimate of drug-likeness (QED) is 0.330. The van der Waals surface area contributed by atoms with Gasteiger partial charge in [-0.15, -0.1) is 0 Å². The van der Waals surface area contributed by atoms with E-state index in [2.05, 4.69) is 9.88 Å². The van der Waals surface area contributed by atoms with Gasteiger partial charge in [0, 0.05) is 68.2 Å². The van der Waals surface area contributed by atoms with E-state index in [1.807, 2.05) is 0 Å². The molecule has 0 amide bonds. The van der Waals surface area contributed by atoms with E-state index in [1.165, 1.54) is 24.1 Å². The number of H-pyrrole nitrogens is 1. The average Bonchev–Trinajstić information content (AvgIpc) is 2.91. The first-order chi connectivity index (χ1) is 12.4. The molecule has 0 saturated carbocycles. The van der Waals surface area contributed by atoms with Crippen LogP contribution < -0.4 is 17.3 Å². The van der Waals surface area contributed by atoms with Crippen LogP contribution in [0.25, 0.3) is 16.6 Å². The van der Waals surface area contributed by atoms with Gasteiger partial charge in [-0.2, -0.15) is 0 Å². The number of carbonyl (C=O) groups is 1. The highest BCUT2D eigenvalue weighted by Crippen LogP contribution is 2.28. The highest BCUT2D eigenvalue weighted by Gasteiger charge is 2.26. The number of benzene rings is 1. The van der Waals surface area contributed by atoms with Crippen LogP contribution in [0.5, 0.6) is 0 Å². The van der Waals surface area contributed by atoms with Gasteiger partial charge in [-0.3, -0.25) is 4.79 Å². The Hall–Kier alpha value is -2.42. The summed E-state index contributed by atoms with van der Waals surface area (Å²) in [4.78, 5) is 17.3. The number of ketones is 1. The van der Waals surface area contributed by atoms with Gasteiger partial charge < -0.3 is 26.4 Å². The van der Waals surface area contributed by atoms with Crippen LogP contribution in [0.3, 0.4) is 0 Å². The number of hydrogen-bond donors (Lipinski definition) is 4. The van der Waals surface area contributed by atoms with Gasteiger partial charge in [-0.1, -0.05) is 0 Å². The van der Waals surface area contributed by atoms with Crippen LogP contribution in [0, 0.1) is 11.7 Å². The standard InChI is InChI=1S/C18H25FN6O/c1-11(26)18-17(14-6-13(19)2-3-16(14)23-18)15(21)10-25(22)9-12-7-24(8-12)5-4-20/h2-3,6,10,12,23H,4-5,7-9,20-22H2,1H3/b15-10-. The number of halogens is 1. The topological polar surface area (TPSA) is 117 Å². The SMILES string of the molecule is CC(=O)c1[nH]c2ccc(F)cc2c1/C(N)=C/N(N)CC1CN(CCN)C1. The maximum Gasteiger partial charge on any atom is 0.176 e. The van der Waals surface area contributed by atoms with Crippen molar-refractivity contribution in [2.45, 2.75) is 6.92 Å². The summed E-state index contributed by atoms with van der Waals surface area (Å²) in [5.74, 6) is 5.96. The van der Waals surface area contributed by atoms with Gasteiger partial charge in [0.2, 0.25) is 0 Å². The smallest absolute Gasteiger partial charge is 0.176 e. The van der Waals surface area contributed by atoms with Gasteiger partial charge in [0.15, 0.2) is 5.78 Å². The second kappa shape index (κ2) is 7.45. The van der Waals surface area contributed by atoms with E-state index in [4.69, 9.17) is 17.3 Å². The summed E-state index contributed by atoms with van der Waals surface area (Å²) >= 11 is 0. The van der Waals surface area contributed by atoms with Crippen LogP contribution in [-0.2, 0) is 0 Å². The number of fused-ring (bicyclic) bond motifs is 1. The monoisotopic (exact) mass is 360 g/mol. The molecular formula is C18H25FN6O. The number of Topliss-reactive ketones (excluding diaryl/α,β-unsaturated/α-hetero) is 1. The second-order valence-corrected chi connectivity index (χ2v) is 6.82. The molecule has 7 N–H and O–H groups in total. The molecule has 1 aromatic carbocycles. The first-order valence-corrected chi connectivity index (χ1v) is 8.62. The van der Waals surface area contributed by atoms with Gasteiger partial charge in [0.1, 0.15) is 5.82 Å². The summed E-state index contributed by atoms with van der Waals surface area (Å²) in [7, 11) is 0. The Bertz CT molecular complexity index is 840. The van der Waals surface area contributed by atoms with Gasteiger partial charge in [-0.05, 0) is 18.2 Å². The Morgan fingerprint density at radius 3 is 2.85 bits per heavy atom. The van der Waals surface area contributed by atoms with E-state index >= 15 is 0 Å². The molecule has 2 heterocycles. The molecule has 140 valence electrons. The first kappa shape index (κ1) is 18.4. The third-order valence-electron chi connectivity index (χ3n) is 4.65. The molecule has 2 aromatic rings. The Morgan fingerprint density at radius 2 is 2.19 bits per heavy atom. The summed E-state index contributed by atoms with van der Waals surface area (Å²) in [6, 6.07) is 4.30. The molecule has 1 aliphatic heterocycles. The lowest BCUT2D eigenvalue weighted by molar-refractivity contribution is 0.0826. The van der Waals surface area contributed by atoms with Crippen LogP contribution in [0.2, 0.25) is 0 Å². The van der Waals surface area contributed by atoms with Crippen LogP contribution in [0.4, 0.5) is 4.39 Å². The van der Waals surface area contributed by atoms with E-state index in [-0.39, 0.29) is 11.6 Å². The normalized spacial score (nSPS) is 16.1. The molecule has 0 spiro atoms. The summed E-state index contributed by atoms with van der Waals surface area (Å²) in [6.45, 7) is 5.54. The molecule has 0 atom stereocenters. The molecule has 0 radical (unpaired) electrons. The number of aromatic amines is 1. The van der Waals surface area contributed by atoms with Gasteiger partial charge in [0.25, 0.3) is 0 Å². The Kier molecular flexibility index (Phi) is 5.26. The summed E-state index contributed by atoms with van der Waals surface area (Å²) < 4.78 is 13.7. The van der Waals surface area contributed by atoms with E-state index < -0.39 is 0 Å². The van der Waals surface area contributed by atoms with Crippen LogP contribution in [0.1, 0.15) is 23.0 Å². The first-order valence-electron chi connectivity index (χ1n) is 8.62. The minimum atomic E-state index is -0.389. The van der Waals surface area contributed by atoms with Crippen molar-refractivity contribution in [1.29, 1.82) is 0 Å². The number of likely N-dealkylation sites (tertiary alicyclic amines) is 1. The number of aromatic nitrogens is 1. The van der Waals surface area contributed by atoms with Crippen molar-refractivity contribution in [1.82, 2.24) is 14.9 Å². The van der Waals surface area contributed by atoms with Crippen molar-refractivity contribution < 1.29 is 9.18 Å². The maximum absolute atomic E-state index is 13.7. The lowest BCUT2D eigenvalue weighted by Gasteiger charge is -2.40. The average molecular weight is 360 g/mol. The molecule has 1 saturated heterocycles. The van der Waals surface area contributed by atoms with E-state index in [9.17, 15) is 9.18 Å². The van der Waals surface area contributed by atoms with Crippen molar-refractivity contribution in [3.8, 4) is 0 Å². The molecular weight excluding hydrogens is 335 g/mol. The summed E-state index contributed by atoms with van der Waals surface area (Å²) in [6.07, 6.45) is 1.60. The van der Waals surface area contributed by atoms with E-state index in [1.54, 1.807) is 12.3 Å². The molecule has 1 aromatic heterocycles. The molecule has 0 aliphatic carbocycles. The molecule has 1 aliphatic rings. The molecule has 8 heteroatoms. The van der Waals surface area contributed by atoms with Crippen molar-refractivity contribution in [2.75, 3.05) is 32.7 Å². The number of nitrogens with zero attached hydrogens (tertiary/aromatic N) is 2. The molecule has 3 rings (SSSR count). The van der Waals surface area contributed by atoms with Crippen LogP contribution in [0.15, 0.2) is 24.4 Å². The fourth-order valence-corrected chi connectivity index (χ4v) is 3.48. The van der Waals surface area contributed by atoms with Crippen molar-refractivity contribution in [2.24, 2.45) is 23.2 Å². The van der Waals surface area contributed by atoms with Crippen LogP contribution in [-0.4, -0.2) is 53.4 Å². The number of hydrazine groups is 1. The lowest BCUT2D eigenvalue weighted by atomic mass is 10.00. The Labute approximate surface area is 151 Å². The largest absolute Gasteiger partial charge is 0.397 e. The van der Waals surface area contributed by atoms with Crippen LogP contribution >= 0.6 is 0 Å². The third-order valence-corrected chi connectivity index (χ3v) is 4.65. The molecule has 0 unspecified atom stereocenters. The predicted octanol–water partition coefficient (Wildman–Crippen LogP) is 0.833. The zero-order valence-corrected chi connectivity index (χ0v) is 14.8. The minimum absolute atomic E-state index is 0.173. The predicted molar refractivity (Wildman–Crippen MR) is 100 cm³/mol. The summed E-state index contributed by atoms with van der Waals surface area (Å²) in [5.41, 5.74) is 13.6. The van der Waals surface area contributed by atoms with E-state index in [0.717, 1.165) is 19.6 Å². The van der Waals surface area contributed by atoms with E-state index in [0.29, 0.717) is 46.9 Å². The van der Waals surface area contributed by atoms with Gasteiger partial charge in [-0.25, -0.2) is 10.2 Å². The molecule has 7 nitrogen and oxygen atoms in total. The Balaban J connectivity index is 1.81. The van der Waals surface area contributed by atoms with Crippen molar-refractivity contribution >= 4 is 22.4 Å². The van der Waals surface area contributed by atoms with Gasteiger partial charge in [0.05, 0.1) is 11.4 Å². The fraction of sp³-hybridized carbons (Fsp3) is 0.389. The highest BCUT2D eigenvalue weighted by molar-refractivity contribution is 6.06. The molecule has 1 fully saturated rings. The number of hydrogen-bond acceptors (Lipinski definition) is 6. The second-order valence-electron chi connectivity index (χ2n) is 6.82. The van der Waals surface area contributed by atoms with Crippen molar-refractivity contribution in [3.63, 3.8) is 0 Å². The lowest BCUT2D eigenvalue weighted by Crippen LogP contribution is -2.53. The number of rotatable bonds is 7. The fourth-order valence-electron chi connectivity index (χ4n) is 3.48. The number of nitrogens with one attached hydrogen (secondary N) is 1. The van der Waals surface area contributed by atoms with Gasteiger partial charge >= 0.3 is 0 Å². The van der Waals surface area contributed by atoms with Crippen molar-refractivity contribution in [3.05, 3.63) is 41.5 Å². The maximum atomic E-state index is 13.7.